The zero-order chi connectivity index (χ0) is 19.2. The molecule has 140 valence electrons. The summed E-state index contributed by atoms with van der Waals surface area (Å²) in [7, 11) is 0. The second kappa shape index (κ2) is 8.40. The third kappa shape index (κ3) is 4.67. The predicted molar refractivity (Wildman–Crippen MR) is 101 cm³/mol. The molecule has 0 fully saturated rings. The Labute approximate surface area is 156 Å². The molecule has 0 bridgehead atoms. The van der Waals surface area contributed by atoms with Crippen LogP contribution in [0.15, 0.2) is 57.9 Å². The maximum atomic E-state index is 12.6. The number of rotatable bonds is 6. The molecule has 3 rings (SSSR count). The molecule has 6 nitrogen and oxygen atoms in total. The lowest BCUT2D eigenvalue weighted by molar-refractivity contribution is 0.0978. The van der Waals surface area contributed by atoms with Crippen LogP contribution >= 0.6 is 0 Å². The van der Waals surface area contributed by atoms with Crippen molar-refractivity contribution >= 4 is 17.1 Å². The molecule has 0 unspecified atom stereocenters. The maximum Gasteiger partial charge on any atom is 0.513 e. The molecule has 0 N–H and O–H groups in total. The van der Waals surface area contributed by atoms with Crippen molar-refractivity contribution in [2.24, 2.45) is 0 Å². The minimum absolute atomic E-state index is 0.0824. The highest BCUT2D eigenvalue weighted by Crippen LogP contribution is 2.24. The van der Waals surface area contributed by atoms with Gasteiger partial charge in [0.05, 0.1) is 12.0 Å². The van der Waals surface area contributed by atoms with Crippen molar-refractivity contribution in [3.63, 3.8) is 0 Å². The van der Waals surface area contributed by atoms with Crippen LogP contribution in [0.3, 0.4) is 0 Å². The molecular weight excluding hydrogens is 348 g/mol. The van der Waals surface area contributed by atoms with Gasteiger partial charge in [-0.05, 0) is 37.6 Å². The molecule has 0 amide bonds. The summed E-state index contributed by atoms with van der Waals surface area (Å²) in [5.74, 6) is 0.861. The average Bonchev–Trinajstić information content (AvgIpc) is 2.66. The molecule has 1 aromatic heterocycles. The number of aryl methyl sites for hydroxylation is 1. The van der Waals surface area contributed by atoms with E-state index in [1.54, 1.807) is 12.1 Å². The Morgan fingerprint density at radius 1 is 1.07 bits per heavy atom. The van der Waals surface area contributed by atoms with Gasteiger partial charge in [0.2, 0.25) is 11.2 Å². The van der Waals surface area contributed by atoms with Crippen LogP contribution in [-0.2, 0) is 4.74 Å². The van der Waals surface area contributed by atoms with Gasteiger partial charge in [-0.25, -0.2) is 4.79 Å². The second-order valence-corrected chi connectivity index (χ2v) is 6.06. The van der Waals surface area contributed by atoms with Crippen molar-refractivity contribution in [3.8, 4) is 17.2 Å². The number of carbonyl (C=O) groups is 1. The van der Waals surface area contributed by atoms with Gasteiger partial charge < -0.3 is 18.6 Å². The highest BCUT2D eigenvalue weighted by molar-refractivity contribution is 5.80. The summed E-state index contributed by atoms with van der Waals surface area (Å²) in [5, 5.41) is 0.325. The Morgan fingerprint density at radius 2 is 1.81 bits per heavy atom. The van der Waals surface area contributed by atoms with Crippen LogP contribution in [0.25, 0.3) is 11.0 Å². The fourth-order valence-corrected chi connectivity index (χ4v) is 2.38. The first kappa shape index (κ1) is 18.5. The smallest absolute Gasteiger partial charge is 0.460 e. The number of benzene rings is 2. The fourth-order valence-electron chi connectivity index (χ4n) is 2.38. The van der Waals surface area contributed by atoms with E-state index in [1.165, 1.54) is 24.5 Å². The molecule has 3 aromatic rings. The lowest BCUT2D eigenvalue weighted by atomic mass is 10.2. The number of fused-ring (bicyclic) bond motifs is 1. The van der Waals surface area contributed by atoms with E-state index in [9.17, 15) is 9.59 Å². The molecule has 0 aliphatic carbocycles. The van der Waals surface area contributed by atoms with Gasteiger partial charge in [0, 0.05) is 6.07 Å². The van der Waals surface area contributed by atoms with Crippen molar-refractivity contribution < 1.29 is 23.4 Å². The molecule has 0 aliphatic heterocycles. The predicted octanol–water partition coefficient (Wildman–Crippen LogP) is 5.21. The normalized spacial score (nSPS) is 10.6. The number of ether oxygens (including phenoxy) is 3. The van der Waals surface area contributed by atoms with Crippen LogP contribution in [0.2, 0.25) is 0 Å². The second-order valence-electron chi connectivity index (χ2n) is 6.06. The van der Waals surface area contributed by atoms with Crippen molar-refractivity contribution in [2.75, 3.05) is 6.61 Å². The van der Waals surface area contributed by atoms with E-state index in [0.717, 1.165) is 18.4 Å². The molecule has 2 aromatic carbocycles. The molecule has 0 atom stereocenters. The summed E-state index contributed by atoms with van der Waals surface area (Å²) in [5.41, 5.74) is 1.07. The van der Waals surface area contributed by atoms with Crippen LogP contribution in [0.4, 0.5) is 4.79 Å². The molecular formula is C21H20O6. The Kier molecular flexibility index (Phi) is 5.76. The lowest BCUT2D eigenvalue weighted by Crippen LogP contribution is -2.11. The lowest BCUT2D eigenvalue weighted by Gasteiger charge is -2.07. The molecule has 27 heavy (non-hydrogen) atoms. The third-order valence-electron chi connectivity index (χ3n) is 3.88. The first-order valence-corrected chi connectivity index (χ1v) is 8.71. The van der Waals surface area contributed by atoms with Gasteiger partial charge in [-0.15, -0.1) is 0 Å². The monoisotopic (exact) mass is 368 g/mol. The highest BCUT2D eigenvalue weighted by atomic mass is 16.7. The molecule has 1 heterocycles. The third-order valence-corrected chi connectivity index (χ3v) is 3.88. The summed E-state index contributed by atoms with van der Waals surface area (Å²) in [4.78, 5) is 24.2. The number of hydrogen-bond donors (Lipinski definition) is 0. The van der Waals surface area contributed by atoms with Crippen molar-refractivity contribution in [1.29, 1.82) is 0 Å². The van der Waals surface area contributed by atoms with Gasteiger partial charge in [-0.2, -0.15) is 0 Å². The van der Waals surface area contributed by atoms with E-state index in [-0.39, 0.29) is 22.5 Å². The van der Waals surface area contributed by atoms with Crippen LogP contribution in [0, 0.1) is 6.92 Å². The van der Waals surface area contributed by atoms with E-state index in [4.69, 9.17) is 18.6 Å². The van der Waals surface area contributed by atoms with Crippen LogP contribution in [0.5, 0.6) is 17.2 Å². The maximum absolute atomic E-state index is 12.6. The Balaban J connectivity index is 1.77. The van der Waals surface area contributed by atoms with Gasteiger partial charge in [-0.3, -0.25) is 4.79 Å². The largest absolute Gasteiger partial charge is 0.513 e. The molecule has 0 radical (unpaired) electrons. The summed E-state index contributed by atoms with van der Waals surface area (Å²) in [6.45, 7) is 4.27. The van der Waals surface area contributed by atoms with Crippen LogP contribution < -0.4 is 14.9 Å². The zero-order valence-corrected chi connectivity index (χ0v) is 15.2. The van der Waals surface area contributed by atoms with Crippen LogP contribution in [-0.4, -0.2) is 12.8 Å². The zero-order valence-electron chi connectivity index (χ0n) is 15.2. The first-order chi connectivity index (χ1) is 13.1. The van der Waals surface area contributed by atoms with Gasteiger partial charge in [0.1, 0.15) is 23.3 Å². The summed E-state index contributed by atoms with van der Waals surface area (Å²) in [6, 6.07) is 11.8. The molecule has 0 aliphatic rings. The molecule has 6 heteroatoms. The van der Waals surface area contributed by atoms with Crippen molar-refractivity contribution in [1.82, 2.24) is 0 Å². The standard InChI is InChI=1S/C21H20O6/c1-3-4-11-24-21(23)27-16-9-10-17-18(12-16)25-13-19(20(17)22)26-15-7-5-14(2)6-8-15/h5-10,12-13H,3-4,11H2,1-2H3. The summed E-state index contributed by atoms with van der Waals surface area (Å²) < 4.78 is 21.1. The Bertz CT molecular complexity index is 988. The fraction of sp³-hybridized carbons (Fsp3) is 0.238. The number of carbonyl (C=O) groups excluding carboxylic acids is 1. The average molecular weight is 368 g/mol. The number of unbranched alkanes of at least 4 members (excludes halogenated alkanes) is 1. The minimum Gasteiger partial charge on any atom is -0.460 e. The van der Waals surface area contributed by atoms with Crippen molar-refractivity contribution in [3.05, 3.63) is 64.5 Å². The highest BCUT2D eigenvalue weighted by Gasteiger charge is 2.12. The Hall–Kier alpha value is -3.28. The van der Waals surface area contributed by atoms with E-state index in [2.05, 4.69) is 0 Å². The van der Waals surface area contributed by atoms with Gasteiger partial charge >= 0.3 is 6.16 Å². The van der Waals surface area contributed by atoms with Crippen molar-refractivity contribution in [2.45, 2.75) is 26.7 Å². The quantitative estimate of drug-likeness (QED) is 0.338. The van der Waals surface area contributed by atoms with E-state index in [0.29, 0.717) is 17.7 Å². The summed E-state index contributed by atoms with van der Waals surface area (Å²) in [6.07, 6.45) is 2.14. The first-order valence-electron chi connectivity index (χ1n) is 8.71. The molecule has 0 spiro atoms. The van der Waals surface area contributed by atoms with Gasteiger partial charge in [-0.1, -0.05) is 31.0 Å². The van der Waals surface area contributed by atoms with E-state index < -0.39 is 6.16 Å². The van der Waals surface area contributed by atoms with Gasteiger partial charge in [0.15, 0.2) is 0 Å². The SMILES string of the molecule is CCCCOC(=O)Oc1ccc2c(=O)c(Oc3ccc(C)cc3)coc2c1. The topological polar surface area (TPSA) is 75.0 Å². The van der Waals surface area contributed by atoms with E-state index in [1.807, 2.05) is 26.0 Å². The molecule has 0 saturated carbocycles. The minimum atomic E-state index is -0.788. The molecule has 0 saturated heterocycles. The van der Waals surface area contributed by atoms with Crippen LogP contribution in [0.1, 0.15) is 25.3 Å². The Morgan fingerprint density at radius 3 is 2.56 bits per heavy atom. The number of hydrogen-bond acceptors (Lipinski definition) is 6. The van der Waals surface area contributed by atoms with E-state index >= 15 is 0 Å². The van der Waals surface area contributed by atoms with Gasteiger partial charge in [0.25, 0.3) is 0 Å². The summed E-state index contributed by atoms with van der Waals surface area (Å²) >= 11 is 0.